The molecule has 106 valence electrons. The van der Waals surface area contributed by atoms with Crippen LogP contribution in [-0.2, 0) is 0 Å². The summed E-state index contributed by atoms with van der Waals surface area (Å²) < 4.78 is 14.0. The van der Waals surface area contributed by atoms with Crippen LogP contribution in [0.3, 0.4) is 0 Å². The molecule has 4 nitrogen and oxygen atoms in total. The summed E-state index contributed by atoms with van der Waals surface area (Å²) in [7, 11) is 0. The molecule has 1 aromatic heterocycles. The van der Waals surface area contributed by atoms with Gasteiger partial charge >= 0.3 is 0 Å². The molecule has 0 atom stereocenters. The molecule has 0 unspecified atom stereocenters. The molecule has 0 fully saturated rings. The number of phenolic OH excluding ortho intramolecular Hbond substituents is 1. The van der Waals surface area contributed by atoms with Crippen LogP contribution in [0.5, 0.6) is 5.75 Å². The van der Waals surface area contributed by atoms with Crippen LogP contribution < -0.4 is 5.32 Å². The number of phenols is 1. The number of aromatic nitrogens is 2. The highest BCUT2D eigenvalue weighted by molar-refractivity contribution is 6.31. The number of nitrogens with one attached hydrogen (secondary N) is 1. The topological polar surface area (TPSA) is 58.0 Å². The lowest BCUT2D eigenvalue weighted by atomic mass is 10.1. The van der Waals surface area contributed by atoms with Crippen LogP contribution in [0.25, 0.3) is 10.9 Å². The number of hydrogen-bond donors (Lipinski definition) is 2. The zero-order valence-electron chi connectivity index (χ0n) is 11.1. The third-order valence-corrected chi connectivity index (χ3v) is 3.39. The predicted octanol–water partition coefficient (Wildman–Crippen LogP) is 4.18. The molecule has 0 aliphatic heterocycles. The summed E-state index contributed by atoms with van der Waals surface area (Å²) in [5.41, 5.74) is 1.83. The Morgan fingerprint density at radius 1 is 1.19 bits per heavy atom. The highest BCUT2D eigenvalue weighted by Gasteiger charge is 2.10. The van der Waals surface area contributed by atoms with E-state index in [9.17, 15) is 9.50 Å². The van der Waals surface area contributed by atoms with Crippen LogP contribution in [0.2, 0.25) is 5.02 Å². The van der Waals surface area contributed by atoms with E-state index in [0.29, 0.717) is 21.8 Å². The largest absolute Gasteiger partial charge is 0.508 e. The first-order valence-electron chi connectivity index (χ1n) is 6.21. The lowest BCUT2D eigenvalue weighted by molar-refractivity contribution is 0.469. The van der Waals surface area contributed by atoms with Crippen molar-refractivity contribution in [1.29, 1.82) is 0 Å². The van der Waals surface area contributed by atoms with Crippen LogP contribution >= 0.6 is 11.6 Å². The molecule has 2 aromatic carbocycles. The Bertz CT molecular complexity index is 839. The van der Waals surface area contributed by atoms with E-state index < -0.39 is 5.82 Å². The van der Waals surface area contributed by atoms with E-state index in [0.717, 1.165) is 5.39 Å². The number of hydrogen-bond acceptors (Lipinski definition) is 4. The zero-order valence-corrected chi connectivity index (χ0v) is 11.8. The Labute approximate surface area is 125 Å². The molecule has 1 heterocycles. The fourth-order valence-electron chi connectivity index (χ4n) is 2.03. The maximum atomic E-state index is 14.0. The predicted molar refractivity (Wildman–Crippen MR) is 80.6 cm³/mol. The fraction of sp³-hybridized carbons (Fsp3) is 0.0667. The summed E-state index contributed by atoms with van der Waals surface area (Å²) in [6, 6.07) is 7.77. The summed E-state index contributed by atoms with van der Waals surface area (Å²) in [5, 5.41) is 21.7. The highest BCUT2D eigenvalue weighted by atomic mass is 35.5. The summed E-state index contributed by atoms with van der Waals surface area (Å²) in [5.74, 6) is -0.444. The van der Waals surface area contributed by atoms with Crippen LogP contribution in [0.4, 0.5) is 15.8 Å². The average molecular weight is 304 g/mol. The van der Waals surface area contributed by atoms with Crippen LogP contribution in [0.15, 0.2) is 36.5 Å². The third-order valence-electron chi connectivity index (χ3n) is 3.16. The van der Waals surface area contributed by atoms with Crippen LogP contribution in [0, 0.1) is 12.7 Å². The van der Waals surface area contributed by atoms with Crippen molar-refractivity contribution < 1.29 is 9.50 Å². The molecule has 2 N–H and O–H groups in total. The summed E-state index contributed by atoms with van der Waals surface area (Å²) >= 11 is 5.98. The summed E-state index contributed by atoms with van der Waals surface area (Å²) in [4.78, 5) is 0. The first kappa shape index (κ1) is 13.6. The monoisotopic (exact) mass is 303 g/mol. The maximum absolute atomic E-state index is 14.0. The van der Waals surface area contributed by atoms with Gasteiger partial charge in [-0.3, -0.25) is 0 Å². The maximum Gasteiger partial charge on any atom is 0.147 e. The minimum Gasteiger partial charge on any atom is -0.508 e. The second-order valence-electron chi connectivity index (χ2n) is 4.66. The minimum absolute atomic E-state index is 0.0169. The van der Waals surface area contributed by atoms with Crippen molar-refractivity contribution in [2.75, 3.05) is 5.32 Å². The van der Waals surface area contributed by atoms with Gasteiger partial charge in [-0.15, -0.1) is 0 Å². The second-order valence-corrected chi connectivity index (χ2v) is 5.10. The van der Waals surface area contributed by atoms with Gasteiger partial charge in [0.25, 0.3) is 0 Å². The van der Waals surface area contributed by atoms with Gasteiger partial charge in [0.1, 0.15) is 11.6 Å². The minimum atomic E-state index is -0.461. The van der Waals surface area contributed by atoms with E-state index in [-0.39, 0.29) is 11.4 Å². The molecule has 0 amide bonds. The van der Waals surface area contributed by atoms with Gasteiger partial charge in [0.05, 0.1) is 23.1 Å². The van der Waals surface area contributed by atoms with Crippen molar-refractivity contribution in [3.05, 3.63) is 52.9 Å². The van der Waals surface area contributed by atoms with Crippen molar-refractivity contribution in [2.24, 2.45) is 0 Å². The van der Waals surface area contributed by atoms with E-state index in [1.807, 2.05) is 0 Å². The number of anilines is 2. The zero-order chi connectivity index (χ0) is 15.0. The van der Waals surface area contributed by atoms with Gasteiger partial charge in [-0.1, -0.05) is 11.6 Å². The van der Waals surface area contributed by atoms with Crippen molar-refractivity contribution in [3.63, 3.8) is 0 Å². The van der Waals surface area contributed by atoms with E-state index in [2.05, 4.69) is 15.5 Å². The van der Waals surface area contributed by atoms with Crippen molar-refractivity contribution in [1.82, 2.24) is 10.2 Å². The lowest BCUT2D eigenvalue weighted by Gasteiger charge is -2.11. The van der Waals surface area contributed by atoms with Crippen molar-refractivity contribution >= 4 is 33.9 Å². The smallest absolute Gasteiger partial charge is 0.147 e. The number of nitrogens with zero attached hydrogens (tertiary/aromatic N) is 2. The second kappa shape index (κ2) is 5.18. The third kappa shape index (κ3) is 2.60. The van der Waals surface area contributed by atoms with E-state index in [1.165, 1.54) is 18.3 Å². The number of fused-ring (bicyclic) bond motifs is 1. The molecule has 0 saturated heterocycles. The Morgan fingerprint density at radius 3 is 2.81 bits per heavy atom. The Kier molecular flexibility index (Phi) is 3.35. The van der Waals surface area contributed by atoms with Crippen molar-refractivity contribution in [2.45, 2.75) is 6.92 Å². The van der Waals surface area contributed by atoms with E-state index >= 15 is 0 Å². The number of aromatic hydroxyl groups is 1. The van der Waals surface area contributed by atoms with Gasteiger partial charge in [0, 0.05) is 16.5 Å². The number of halogens is 2. The molecule has 0 aliphatic carbocycles. The molecular weight excluding hydrogens is 293 g/mol. The van der Waals surface area contributed by atoms with E-state index in [1.54, 1.807) is 25.1 Å². The molecule has 21 heavy (non-hydrogen) atoms. The van der Waals surface area contributed by atoms with Gasteiger partial charge in [-0.2, -0.15) is 10.2 Å². The van der Waals surface area contributed by atoms with Crippen LogP contribution in [-0.4, -0.2) is 15.3 Å². The normalized spacial score (nSPS) is 10.8. The molecular formula is C15H11ClFN3O. The molecule has 3 rings (SSSR count). The van der Waals surface area contributed by atoms with Gasteiger partial charge in [-0.05, 0) is 36.8 Å². The molecule has 0 radical (unpaired) electrons. The molecule has 0 spiro atoms. The number of benzene rings is 2. The average Bonchev–Trinajstić information content (AvgIpc) is 2.45. The van der Waals surface area contributed by atoms with Gasteiger partial charge in [0.15, 0.2) is 0 Å². The summed E-state index contributed by atoms with van der Waals surface area (Å²) in [6.07, 6.45) is 1.48. The first-order valence-corrected chi connectivity index (χ1v) is 6.59. The SMILES string of the molecule is Cc1cc(F)c(Nc2cnnc3ccc(Cl)cc23)cc1O. The van der Waals surface area contributed by atoms with E-state index in [4.69, 9.17) is 11.6 Å². The molecule has 0 bridgehead atoms. The standard InChI is InChI=1S/C15H11ClFN3O/c1-8-4-11(17)13(6-15(8)21)19-14-7-18-20-12-3-2-9(16)5-10(12)14/h2-7,21H,1H3,(H,19,20). The molecule has 6 heteroatoms. The highest BCUT2D eigenvalue weighted by Crippen LogP contribution is 2.30. The number of rotatable bonds is 2. The fourth-order valence-corrected chi connectivity index (χ4v) is 2.20. The Morgan fingerprint density at radius 2 is 2.00 bits per heavy atom. The molecule has 0 aliphatic rings. The van der Waals surface area contributed by atoms with Crippen LogP contribution in [0.1, 0.15) is 5.56 Å². The quantitative estimate of drug-likeness (QED) is 0.745. The summed E-state index contributed by atoms with van der Waals surface area (Å²) in [6.45, 7) is 1.63. The number of aryl methyl sites for hydroxylation is 1. The Balaban J connectivity index is 2.10. The first-order chi connectivity index (χ1) is 10.0. The van der Waals surface area contributed by atoms with Gasteiger partial charge < -0.3 is 10.4 Å². The molecule has 3 aromatic rings. The van der Waals surface area contributed by atoms with Gasteiger partial charge in [-0.25, -0.2) is 4.39 Å². The van der Waals surface area contributed by atoms with Crippen molar-refractivity contribution in [3.8, 4) is 5.75 Å². The Hall–Kier alpha value is -2.40. The van der Waals surface area contributed by atoms with Gasteiger partial charge in [0.2, 0.25) is 0 Å². The molecule has 0 saturated carbocycles. The lowest BCUT2D eigenvalue weighted by Crippen LogP contribution is -1.97.